The molecule has 1 aliphatic rings. The maximum Gasteiger partial charge on any atom is 0.251 e. The first-order valence-electron chi connectivity index (χ1n) is 7.69. The van der Waals surface area contributed by atoms with Gasteiger partial charge in [0, 0.05) is 11.6 Å². The summed E-state index contributed by atoms with van der Waals surface area (Å²) >= 11 is 0. The van der Waals surface area contributed by atoms with Crippen LogP contribution < -0.4 is 10.1 Å². The molecule has 0 aliphatic heterocycles. The third kappa shape index (κ3) is 4.55. The van der Waals surface area contributed by atoms with Gasteiger partial charge < -0.3 is 10.1 Å². The number of carbonyl (C=O) groups excluding carboxylic acids is 1. The van der Waals surface area contributed by atoms with Crippen LogP contribution in [0.4, 0.5) is 0 Å². The van der Waals surface area contributed by atoms with Crippen molar-refractivity contribution in [2.24, 2.45) is 5.92 Å². The molecule has 0 saturated heterocycles. The van der Waals surface area contributed by atoms with Crippen molar-refractivity contribution in [1.29, 1.82) is 0 Å². The summed E-state index contributed by atoms with van der Waals surface area (Å²) in [4.78, 5) is 12.1. The number of rotatable bonds is 6. The summed E-state index contributed by atoms with van der Waals surface area (Å²) in [5, 5.41) is 3.09. The Bertz CT molecular complexity index is 419. The molecular formula is C17H25NO2. The molecule has 0 bridgehead atoms. The molecule has 1 aromatic rings. The highest BCUT2D eigenvalue weighted by atomic mass is 16.5. The SMILES string of the molecule is CC(C)CCOc1ccc(C(=O)NC2CCCC2)cc1. The first-order chi connectivity index (χ1) is 9.65. The minimum absolute atomic E-state index is 0.0330. The Balaban J connectivity index is 1.82. The van der Waals surface area contributed by atoms with Gasteiger partial charge in [-0.15, -0.1) is 0 Å². The fourth-order valence-corrected chi connectivity index (χ4v) is 2.45. The van der Waals surface area contributed by atoms with Crippen LogP contribution >= 0.6 is 0 Å². The zero-order chi connectivity index (χ0) is 14.4. The van der Waals surface area contributed by atoms with Crippen molar-refractivity contribution >= 4 is 5.91 Å². The summed E-state index contributed by atoms with van der Waals surface area (Å²) in [6, 6.07) is 7.81. The van der Waals surface area contributed by atoms with E-state index in [2.05, 4.69) is 19.2 Å². The molecule has 2 rings (SSSR count). The van der Waals surface area contributed by atoms with Gasteiger partial charge in [-0.1, -0.05) is 26.7 Å². The fourth-order valence-electron chi connectivity index (χ4n) is 2.45. The van der Waals surface area contributed by atoms with Gasteiger partial charge in [-0.05, 0) is 49.4 Å². The molecule has 0 atom stereocenters. The molecule has 0 radical (unpaired) electrons. The fraction of sp³-hybridized carbons (Fsp3) is 0.588. The minimum atomic E-state index is 0.0330. The average Bonchev–Trinajstić information content (AvgIpc) is 2.92. The maximum atomic E-state index is 12.1. The van der Waals surface area contributed by atoms with Crippen molar-refractivity contribution in [3.63, 3.8) is 0 Å². The average molecular weight is 275 g/mol. The predicted molar refractivity (Wildman–Crippen MR) is 81.1 cm³/mol. The smallest absolute Gasteiger partial charge is 0.251 e. The number of carbonyl (C=O) groups is 1. The topological polar surface area (TPSA) is 38.3 Å². The van der Waals surface area contributed by atoms with Gasteiger partial charge in [-0.3, -0.25) is 4.79 Å². The van der Waals surface area contributed by atoms with Crippen LogP contribution in [-0.2, 0) is 0 Å². The zero-order valence-electron chi connectivity index (χ0n) is 12.5. The van der Waals surface area contributed by atoms with Crippen LogP contribution in [-0.4, -0.2) is 18.6 Å². The monoisotopic (exact) mass is 275 g/mol. The standard InChI is InChI=1S/C17H25NO2/c1-13(2)11-12-20-16-9-7-14(8-10-16)17(19)18-15-5-3-4-6-15/h7-10,13,15H,3-6,11-12H2,1-2H3,(H,18,19). The minimum Gasteiger partial charge on any atom is -0.494 e. The van der Waals surface area contributed by atoms with Crippen LogP contribution in [0.1, 0.15) is 56.3 Å². The number of ether oxygens (including phenoxy) is 1. The van der Waals surface area contributed by atoms with Gasteiger partial charge >= 0.3 is 0 Å². The van der Waals surface area contributed by atoms with Gasteiger partial charge in [-0.25, -0.2) is 0 Å². The van der Waals surface area contributed by atoms with Gasteiger partial charge in [0.1, 0.15) is 5.75 Å². The quantitative estimate of drug-likeness (QED) is 0.858. The Morgan fingerprint density at radius 2 is 1.90 bits per heavy atom. The molecule has 20 heavy (non-hydrogen) atoms. The largest absolute Gasteiger partial charge is 0.494 e. The highest BCUT2D eigenvalue weighted by Gasteiger charge is 2.17. The molecule has 0 aromatic heterocycles. The first kappa shape index (κ1) is 14.9. The van der Waals surface area contributed by atoms with E-state index in [1.54, 1.807) is 0 Å². The van der Waals surface area contributed by atoms with E-state index in [0.717, 1.165) is 31.6 Å². The third-order valence-electron chi connectivity index (χ3n) is 3.77. The van der Waals surface area contributed by atoms with Crippen LogP contribution in [0.15, 0.2) is 24.3 Å². The normalized spacial score (nSPS) is 15.6. The van der Waals surface area contributed by atoms with Crippen molar-refractivity contribution < 1.29 is 9.53 Å². The highest BCUT2D eigenvalue weighted by molar-refractivity contribution is 5.94. The summed E-state index contributed by atoms with van der Waals surface area (Å²) in [6.07, 6.45) is 5.73. The van der Waals surface area contributed by atoms with Crippen LogP contribution in [0.2, 0.25) is 0 Å². The molecule has 0 spiro atoms. The van der Waals surface area contributed by atoms with Gasteiger partial charge in [0.05, 0.1) is 6.61 Å². The molecule has 3 heteroatoms. The molecule has 1 amide bonds. The summed E-state index contributed by atoms with van der Waals surface area (Å²) in [7, 11) is 0. The summed E-state index contributed by atoms with van der Waals surface area (Å²) in [6.45, 7) is 5.09. The number of hydrogen-bond donors (Lipinski definition) is 1. The Hall–Kier alpha value is -1.51. The van der Waals surface area contributed by atoms with Crippen LogP contribution in [0.3, 0.4) is 0 Å². The number of hydrogen-bond acceptors (Lipinski definition) is 2. The Morgan fingerprint density at radius 3 is 2.50 bits per heavy atom. The summed E-state index contributed by atoms with van der Waals surface area (Å²) in [5.74, 6) is 1.51. The van der Waals surface area contributed by atoms with E-state index in [9.17, 15) is 4.79 Å². The van der Waals surface area contributed by atoms with E-state index >= 15 is 0 Å². The first-order valence-corrected chi connectivity index (χ1v) is 7.69. The van der Waals surface area contributed by atoms with Gasteiger partial charge in [-0.2, -0.15) is 0 Å². The Kier molecular flexibility index (Phi) is 5.45. The number of nitrogens with one attached hydrogen (secondary N) is 1. The molecule has 1 N–H and O–H groups in total. The molecule has 110 valence electrons. The van der Waals surface area contributed by atoms with Gasteiger partial charge in [0.2, 0.25) is 0 Å². The molecule has 3 nitrogen and oxygen atoms in total. The molecular weight excluding hydrogens is 250 g/mol. The lowest BCUT2D eigenvalue weighted by atomic mass is 10.1. The molecule has 1 saturated carbocycles. The van der Waals surface area contributed by atoms with Crippen LogP contribution in [0.5, 0.6) is 5.75 Å². The second kappa shape index (κ2) is 7.32. The molecule has 1 aliphatic carbocycles. The molecule has 1 aromatic carbocycles. The van der Waals surface area contributed by atoms with Crippen molar-refractivity contribution in [2.45, 2.75) is 52.0 Å². The van der Waals surface area contributed by atoms with E-state index in [1.807, 2.05) is 24.3 Å². The molecule has 1 fully saturated rings. The van der Waals surface area contributed by atoms with Crippen molar-refractivity contribution in [2.75, 3.05) is 6.61 Å². The summed E-state index contributed by atoms with van der Waals surface area (Å²) in [5.41, 5.74) is 0.716. The Labute approximate surface area is 121 Å². The lowest BCUT2D eigenvalue weighted by Crippen LogP contribution is -2.32. The van der Waals surface area contributed by atoms with Crippen molar-refractivity contribution in [3.05, 3.63) is 29.8 Å². The second-order valence-electron chi connectivity index (χ2n) is 6.01. The van der Waals surface area contributed by atoms with Gasteiger partial charge in [0.15, 0.2) is 0 Å². The predicted octanol–water partition coefficient (Wildman–Crippen LogP) is 3.78. The van der Waals surface area contributed by atoms with Crippen LogP contribution in [0.25, 0.3) is 0 Å². The lowest BCUT2D eigenvalue weighted by Gasteiger charge is -2.12. The van der Waals surface area contributed by atoms with Gasteiger partial charge in [0.25, 0.3) is 5.91 Å². The van der Waals surface area contributed by atoms with E-state index in [1.165, 1.54) is 12.8 Å². The van der Waals surface area contributed by atoms with E-state index < -0.39 is 0 Å². The van der Waals surface area contributed by atoms with E-state index in [-0.39, 0.29) is 5.91 Å². The van der Waals surface area contributed by atoms with E-state index in [0.29, 0.717) is 17.5 Å². The molecule has 0 unspecified atom stereocenters. The zero-order valence-corrected chi connectivity index (χ0v) is 12.5. The van der Waals surface area contributed by atoms with Crippen molar-refractivity contribution in [3.8, 4) is 5.75 Å². The third-order valence-corrected chi connectivity index (χ3v) is 3.77. The number of amides is 1. The van der Waals surface area contributed by atoms with Crippen LogP contribution in [0, 0.1) is 5.92 Å². The Morgan fingerprint density at radius 1 is 1.25 bits per heavy atom. The highest BCUT2D eigenvalue weighted by Crippen LogP contribution is 2.19. The van der Waals surface area contributed by atoms with Crippen molar-refractivity contribution in [1.82, 2.24) is 5.32 Å². The summed E-state index contributed by atoms with van der Waals surface area (Å²) < 4.78 is 5.65. The maximum absolute atomic E-state index is 12.1. The number of benzene rings is 1. The lowest BCUT2D eigenvalue weighted by molar-refractivity contribution is 0.0938. The van der Waals surface area contributed by atoms with E-state index in [4.69, 9.17) is 4.74 Å². The second-order valence-corrected chi connectivity index (χ2v) is 6.01. The molecule has 0 heterocycles.